The van der Waals surface area contributed by atoms with Crippen LogP contribution in [0.1, 0.15) is 12.8 Å². The molecule has 2 fully saturated rings. The van der Waals surface area contributed by atoms with Crippen LogP contribution in [0.3, 0.4) is 0 Å². The molecule has 1 heterocycles. The molecule has 0 aromatic heterocycles. The van der Waals surface area contributed by atoms with Gasteiger partial charge in [-0.05, 0) is 12.8 Å². The van der Waals surface area contributed by atoms with Gasteiger partial charge in [-0.1, -0.05) is 0 Å². The summed E-state index contributed by atoms with van der Waals surface area (Å²) in [4.78, 5) is 11.6. The Kier molecular flexibility index (Phi) is 2.25. The number of hydrogen-bond donors (Lipinski definition) is 4. The number of aliphatic hydroxyl groups excluding tert-OH is 2. The summed E-state index contributed by atoms with van der Waals surface area (Å²) in [5.41, 5.74) is -0.251. The number of hydrogen-bond acceptors (Lipinski definition) is 4. The highest BCUT2D eigenvalue weighted by molar-refractivity contribution is 5.81. The standard InChI is InChI=1S/C9H16N2O3/c1-10-8(14)6-7(13)5(12)4-11-9(6)2-3-9/h5-7,11-13H,2-4H2,1H3,(H,10,14)/t5-,6+,7+/m1/s1. The molecule has 80 valence electrons. The van der Waals surface area contributed by atoms with Gasteiger partial charge in [-0.25, -0.2) is 0 Å². The monoisotopic (exact) mass is 200 g/mol. The van der Waals surface area contributed by atoms with Gasteiger partial charge in [0.15, 0.2) is 0 Å². The Morgan fingerprint density at radius 2 is 2.14 bits per heavy atom. The smallest absolute Gasteiger partial charge is 0.227 e. The van der Waals surface area contributed by atoms with Gasteiger partial charge in [0.25, 0.3) is 0 Å². The highest BCUT2D eigenvalue weighted by atomic mass is 16.3. The van der Waals surface area contributed by atoms with E-state index in [1.807, 2.05) is 0 Å². The predicted octanol–water partition coefficient (Wildman–Crippen LogP) is -1.79. The molecule has 1 saturated heterocycles. The maximum atomic E-state index is 11.6. The van der Waals surface area contributed by atoms with E-state index < -0.39 is 18.1 Å². The van der Waals surface area contributed by atoms with E-state index in [0.717, 1.165) is 12.8 Å². The van der Waals surface area contributed by atoms with E-state index in [0.29, 0.717) is 6.54 Å². The Morgan fingerprint density at radius 3 is 2.64 bits per heavy atom. The molecule has 1 spiro atoms. The van der Waals surface area contributed by atoms with E-state index in [1.165, 1.54) is 0 Å². The maximum Gasteiger partial charge on any atom is 0.227 e. The van der Waals surface area contributed by atoms with E-state index in [4.69, 9.17) is 0 Å². The van der Waals surface area contributed by atoms with Gasteiger partial charge in [0.05, 0.1) is 18.1 Å². The number of β-amino-alcohol motifs (C(OH)–C–C–N with tert-alkyl or cyclic N) is 1. The second-order valence-electron chi connectivity index (χ2n) is 4.19. The molecule has 4 N–H and O–H groups in total. The van der Waals surface area contributed by atoms with Gasteiger partial charge < -0.3 is 20.8 Å². The minimum atomic E-state index is -0.946. The average Bonchev–Trinajstić information content (AvgIpc) is 2.93. The van der Waals surface area contributed by atoms with Crippen molar-refractivity contribution < 1.29 is 15.0 Å². The first-order valence-corrected chi connectivity index (χ1v) is 4.93. The Hall–Kier alpha value is -0.650. The average molecular weight is 200 g/mol. The zero-order valence-electron chi connectivity index (χ0n) is 8.16. The lowest BCUT2D eigenvalue weighted by atomic mass is 9.83. The molecule has 1 aliphatic heterocycles. The lowest BCUT2D eigenvalue weighted by Crippen LogP contribution is -2.62. The van der Waals surface area contributed by atoms with Gasteiger partial charge in [-0.15, -0.1) is 0 Å². The molecule has 3 atom stereocenters. The van der Waals surface area contributed by atoms with E-state index in [-0.39, 0.29) is 11.4 Å². The number of amides is 1. The van der Waals surface area contributed by atoms with Gasteiger partial charge in [0, 0.05) is 19.1 Å². The van der Waals surface area contributed by atoms with Gasteiger partial charge in [-0.2, -0.15) is 0 Å². The summed E-state index contributed by atoms with van der Waals surface area (Å²) in [6.07, 6.45) is 0.00576. The first-order valence-electron chi connectivity index (χ1n) is 4.93. The summed E-state index contributed by atoms with van der Waals surface area (Å²) < 4.78 is 0. The predicted molar refractivity (Wildman–Crippen MR) is 49.5 cm³/mol. The minimum absolute atomic E-state index is 0.193. The number of aliphatic hydroxyl groups is 2. The van der Waals surface area contributed by atoms with Crippen molar-refractivity contribution in [3.8, 4) is 0 Å². The third kappa shape index (κ3) is 1.32. The van der Waals surface area contributed by atoms with Crippen LogP contribution in [-0.4, -0.2) is 47.5 Å². The van der Waals surface area contributed by atoms with Crippen molar-refractivity contribution in [1.29, 1.82) is 0 Å². The highest BCUT2D eigenvalue weighted by Gasteiger charge is 2.58. The van der Waals surface area contributed by atoms with Crippen LogP contribution in [0.5, 0.6) is 0 Å². The molecular weight excluding hydrogens is 184 g/mol. The van der Waals surface area contributed by atoms with Crippen LogP contribution in [0.4, 0.5) is 0 Å². The number of nitrogens with one attached hydrogen (secondary N) is 2. The summed E-state index contributed by atoms with van der Waals surface area (Å²) >= 11 is 0. The Labute approximate surface area is 82.5 Å². The fourth-order valence-corrected chi connectivity index (χ4v) is 2.27. The van der Waals surface area contributed by atoms with Crippen molar-refractivity contribution in [3.63, 3.8) is 0 Å². The number of carbonyl (C=O) groups excluding carboxylic acids is 1. The van der Waals surface area contributed by atoms with Crippen LogP contribution in [0.15, 0.2) is 0 Å². The van der Waals surface area contributed by atoms with Crippen molar-refractivity contribution >= 4 is 5.91 Å². The van der Waals surface area contributed by atoms with Crippen molar-refractivity contribution in [1.82, 2.24) is 10.6 Å². The van der Waals surface area contributed by atoms with Crippen molar-refractivity contribution in [2.75, 3.05) is 13.6 Å². The van der Waals surface area contributed by atoms with E-state index in [2.05, 4.69) is 10.6 Å². The van der Waals surface area contributed by atoms with Gasteiger partial charge in [0.2, 0.25) is 5.91 Å². The lowest BCUT2D eigenvalue weighted by molar-refractivity contribution is -0.137. The van der Waals surface area contributed by atoms with Crippen molar-refractivity contribution in [2.45, 2.75) is 30.6 Å². The van der Waals surface area contributed by atoms with Crippen LogP contribution >= 0.6 is 0 Å². The van der Waals surface area contributed by atoms with Gasteiger partial charge in [0.1, 0.15) is 0 Å². The molecule has 5 nitrogen and oxygen atoms in total. The van der Waals surface area contributed by atoms with Crippen molar-refractivity contribution in [2.24, 2.45) is 5.92 Å². The molecule has 0 radical (unpaired) electrons. The molecule has 14 heavy (non-hydrogen) atoms. The molecule has 1 amide bonds. The molecule has 1 aliphatic carbocycles. The Bertz CT molecular complexity index is 252. The molecular formula is C9H16N2O3. The van der Waals surface area contributed by atoms with Gasteiger partial charge in [-0.3, -0.25) is 4.79 Å². The summed E-state index contributed by atoms with van der Waals surface area (Å²) in [6.45, 7) is 0.370. The topological polar surface area (TPSA) is 81.6 Å². The van der Waals surface area contributed by atoms with Crippen LogP contribution in [0, 0.1) is 5.92 Å². The first-order chi connectivity index (χ1) is 6.60. The SMILES string of the molecule is CNC(=O)[C@@H]1[C@@H](O)[C@H](O)CNC12CC2. The summed E-state index contributed by atoms with van der Waals surface area (Å²) in [5, 5.41) is 24.9. The molecule has 1 saturated carbocycles. The van der Waals surface area contributed by atoms with Crippen LogP contribution < -0.4 is 10.6 Å². The Balaban J connectivity index is 2.18. The van der Waals surface area contributed by atoms with Crippen molar-refractivity contribution in [3.05, 3.63) is 0 Å². The lowest BCUT2D eigenvalue weighted by Gasteiger charge is -2.38. The number of piperidine rings is 1. The number of rotatable bonds is 1. The molecule has 0 bridgehead atoms. The van der Waals surface area contributed by atoms with Crippen LogP contribution in [-0.2, 0) is 4.79 Å². The minimum Gasteiger partial charge on any atom is -0.389 e. The number of carbonyl (C=O) groups is 1. The zero-order chi connectivity index (χ0) is 10.3. The molecule has 5 heteroatoms. The van der Waals surface area contributed by atoms with Gasteiger partial charge >= 0.3 is 0 Å². The second kappa shape index (κ2) is 3.18. The molecule has 0 aromatic rings. The summed E-state index contributed by atoms with van der Waals surface area (Å²) in [6, 6.07) is 0. The fourth-order valence-electron chi connectivity index (χ4n) is 2.27. The normalized spacial score (nSPS) is 39.5. The second-order valence-corrected chi connectivity index (χ2v) is 4.19. The zero-order valence-corrected chi connectivity index (χ0v) is 8.16. The fraction of sp³-hybridized carbons (Fsp3) is 0.889. The Morgan fingerprint density at radius 1 is 1.50 bits per heavy atom. The summed E-state index contributed by atoms with van der Waals surface area (Å²) in [5.74, 6) is -0.711. The van der Waals surface area contributed by atoms with Crippen LogP contribution in [0.25, 0.3) is 0 Å². The molecule has 0 aromatic carbocycles. The third-order valence-corrected chi connectivity index (χ3v) is 3.31. The largest absolute Gasteiger partial charge is 0.389 e. The van der Waals surface area contributed by atoms with E-state index >= 15 is 0 Å². The maximum absolute atomic E-state index is 11.6. The van der Waals surface area contributed by atoms with Crippen LogP contribution in [0.2, 0.25) is 0 Å². The van der Waals surface area contributed by atoms with E-state index in [1.54, 1.807) is 7.05 Å². The molecule has 2 rings (SSSR count). The first kappa shape index (κ1) is 9.89. The highest BCUT2D eigenvalue weighted by Crippen LogP contribution is 2.46. The quantitative estimate of drug-likeness (QED) is 0.403. The van der Waals surface area contributed by atoms with E-state index in [9.17, 15) is 15.0 Å². The molecule has 0 unspecified atom stereocenters. The third-order valence-electron chi connectivity index (χ3n) is 3.31. The summed E-state index contributed by atoms with van der Waals surface area (Å²) in [7, 11) is 1.55. The molecule has 2 aliphatic rings.